The van der Waals surface area contributed by atoms with Crippen molar-refractivity contribution in [1.29, 1.82) is 0 Å². The molecule has 4 heterocycles. The number of imidazole rings is 2. The molecule has 0 radical (unpaired) electrons. The van der Waals surface area contributed by atoms with Crippen LogP contribution in [0, 0.1) is 11.6 Å². The zero-order chi connectivity index (χ0) is 28.3. The molecule has 6 rings (SSSR count). The molecule has 4 aromatic heterocycles. The molecule has 0 N–H and O–H groups in total. The molecule has 0 saturated carbocycles. The zero-order valence-electron chi connectivity index (χ0n) is 21.9. The smallest absolute Gasteiger partial charge is 0.197 e. The summed E-state index contributed by atoms with van der Waals surface area (Å²) in [7, 11) is 3.81. The molecule has 11 heteroatoms. The van der Waals surface area contributed by atoms with Crippen LogP contribution in [0.1, 0.15) is 0 Å². The fraction of sp³-hybridized carbons (Fsp3) is 0.0667. The Morgan fingerprint density at radius 2 is 0.902 bits per heavy atom. The molecular weight excluding hydrogens is 563 g/mol. The third-order valence-electron chi connectivity index (χ3n) is 6.47. The van der Waals surface area contributed by atoms with Crippen LogP contribution in [0.3, 0.4) is 0 Å². The van der Waals surface area contributed by atoms with Gasteiger partial charge < -0.3 is 9.13 Å². The van der Waals surface area contributed by atoms with Crippen LogP contribution >= 0.6 is 24.1 Å². The Bertz CT molecular complexity index is 1660. The zero-order valence-corrected chi connectivity index (χ0v) is 23.5. The fourth-order valence-electron chi connectivity index (χ4n) is 4.48. The van der Waals surface area contributed by atoms with Crippen LogP contribution in [0.4, 0.5) is 8.78 Å². The average Bonchev–Trinajstić information content (AvgIpc) is 3.51. The molecule has 0 aliphatic carbocycles. The summed E-state index contributed by atoms with van der Waals surface area (Å²) in [5.41, 5.74) is 6.51. The van der Waals surface area contributed by atoms with Crippen LogP contribution in [-0.4, -0.2) is 29.1 Å². The Balaban J connectivity index is 1.31. The van der Waals surface area contributed by atoms with Crippen LogP contribution in [0.5, 0.6) is 0 Å². The lowest BCUT2D eigenvalue weighted by atomic mass is 10.1. The summed E-state index contributed by atoms with van der Waals surface area (Å²) in [6, 6.07) is 20.1. The van der Waals surface area contributed by atoms with E-state index < -0.39 is 0 Å². The van der Waals surface area contributed by atoms with Gasteiger partial charge in [-0.25, -0.2) is 22.4 Å². The van der Waals surface area contributed by atoms with Gasteiger partial charge in [0.2, 0.25) is 0 Å². The van der Waals surface area contributed by atoms with Gasteiger partial charge in [0, 0.05) is 61.1 Å². The van der Waals surface area contributed by atoms with Crippen LogP contribution in [0.25, 0.3) is 45.0 Å². The summed E-state index contributed by atoms with van der Waals surface area (Å²) in [6.45, 7) is 0. The third-order valence-corrected chi connectivity index (χ3v) is 8.04. The maximum absolute atomic E-state index is 13.6. The second-order valence-electron chi connectivity index (χ2n) is 9.02. The van der Waals surface area contributed by atoms with Gasteiger partial charge in [0.15, 0.2) is 10.3 Å². The average molecular weight is 585 g/mol. The van der Waals surface area contributed by atoms with Crippen molar-refractivity contribution in [2.75, 3.05) is 0 Å². The van der Waals surface area contributed by atoms with Gasteiger partial charge in [-0.3, -0.25) is 9.97 Å². The van der Waals surface area contributed by atoms with Gasteiger partial charge in [-0.15, -0.1) is 0 Å². The van der Waals surface area contributed by atoms with E-state index >= 15 is 0 Å². The molecule has 0 atom stereocenters. The summed E-state index contributed by atoms with van der Waals surface area (Å²) >= 11 is 2.20. The van der Waals surface area contributed by atoms with Gasteiger partial charge >= 0.3 is 0 Å². The van der Waals surface area contributed by atoms with Crippen LogP contribution < -0.4 is 0 Å². The number of rotatable bonds is 8. The molecule has 7 nitrogen and oxygen atoms in total. The lowest BCUT2D eigenvalue weighted by Gasteiger charge is -2.08. The number of aromatic nitrogens is 6. The number of nitrogens with zero attached hydrogens (tertiary/aromatic N) is 6. The monoisotopic (exact) mass is 584 g/mol. The highest BCUT2D eigenvalue weighted by atomic mass is 32.2. The van der Waals surface area contributed by atoms with Crippen molar-refractivity contribution in [3.63, 3.8) is 0 Å². The number of benzene rings is 2. The topological polar surface area (TPSA) is 70.7 Å². The van der Waals surface area contributed by atoms with E-state index in [9.17, 15) is 8.78 Å². The molecule has 2 aromatic carbocycles. The van der Waals surface area contributed by atoms with Crippen molar-refractivity contribution >= 4 is 24.1 Å². The molecule has 0 spiro atoms. The summed E-state index contributed by atoms with van der Waals surface area (Å²) in [5.74, 6) is -0.628. The van der Waals surface area contributed by atoms with E-state index in [0.717, 1.165) is 57.7 Å². The minimum Gasteiger partial charge on any atom is -0.320 e. The lowest BCUT2D eigenvalue weighted by molar-refractivity contribution is 0.627. The van der Waals surface area contributed by atoms with E-state index in [1.165, 1.54) is 24.3 Å². The maximum atomic E-state index is 13.6. The molecule has 0 bridgehead atoms. The highest BCUT2D eigenvalue weighted by Crippen LogP contribution is 2.39. The predicted molar refractivity (Wildman–Crippen MR) is 156 cm³/mol. The Labute approximate surface area is 243 Å². The molecule has 0 fully saturated rings. The van der Waals surface area contributed by atoms with E-state index in [0.29, 0.717) is 21.7 Å². The van der Waals surface area contributed by atoms with E-state index in [1.54, 1.807) is 49.1 Å². The third kappa shape index (κ3) is 5.51. The SMILES string of the molecule is Cn1c(SOSc2nc(-c3ccc(F)cc3)c(-c3ccncc3)n2C)nc(-c2ccc(F)cc2)c1-c1ccncc1. The molecule has 204 valence electrons. The molecule has 0 saturated heterocycles. The summed E-state index contributed by atoms with van der Waals surface area (Å²) in [4.78, 5) is 17.9. The van der Waals surface area contributed by atoms with E-state index in [-0.39, 0.29) is 11.6 Å². The highest BCUT2D eigenvalue weighted by molar-refractivity contribution is 8.07. The van der Waals surface area contributed by atoms with Gasteiger partial charge in [0.25, 0.3) is 0 Å². The Morgan fingerprint density at radius 3 is 1.27 bits per heavy atom. The fourth-order valence-corrected chi connectivity index (χ4v) is 5.77. The molecule has 0 aliphatic rings. The maximum Gasteiger partial charge on any atom is 0.197 e. The predicted octanol–water partition coefficient (Wildman–Crippen LogP) is 7.62. The second-order valence-corrected chi connectivity index (χ2v) is 10.6. The number of hydrogen-bond donors (Lipinski definition) is 0. The number of halogens is 2. The minimum absolute atomic E-state index is 0.314. The number of hydrogen-bond acceptors (Lipinski definition) is 7. The van der Waals surface area contributed by atoms with Gasteiger partial charge in [-0.1, -0.05) is 0 Å². The van der Waals surface area contributed by atoms with Gasteiger partial charge in [0.05, 0.1) is 46.9 Å². The summed E-state index contributed by atoms with van der Waals surface area (Å²) < 4.78 is 37.2. The van der Waals surface area contributed by atoms with Crippen LogP contribution in [0.2, 0.25) is 0 Å². The van der Waals surface area contributed by atoms with Crippen LogP contribution in [0.15, 0.2) is 108 Å². The molecule has 0 amide bonds. The van der Waals surface area contributed by atoms with Crippen molar-refractivity contribution in [3.05, 3.63) is 109 Å². The first-order valence-corrected chi connectivity index (χ1v) is 13.9. The van der Waals surface area contributed by atoms with Crippen molar-refractivity contribution in [2.24, 2.45) is 14.1 Å². The second kappa shape index (κ2) is 11.7. The first-order valence-electron chi connectivity index (χ1n) is 12.5. The first-order chi connectivity index (χ1) is 20.0. The quantitative estimate of drug-likeness (QED) is 0.170. The highest BCUT2D eigenvalue weighted by Gasteiger charge is 2.22. The Morgan fingerprint density at radius 1 is 0.537 bits per heavy atom. The molecule has 41 heavy (non-hydrogen) atoms. The largest absolute Gasteiger partial charge is 0.320 e. The van der Waals surface area contributed by atoms with Crippen molar-refractivity contribution < 1.29 is 12.4 Å². The van der Waals surface area contributed by atoms with Gasteiger partial charge in [-0.05, 0) is 72.8 Å². The van der Waals surface area contributed by atoms with E-state index in [2.05, 4.69) is 9.97 Å². The normalized spacial score (nSPS) is 11.2. The Hall–Kier alpha value is -4.32. The lowest BCUT2D eigenvalue weighted by Crippen LogP contribution is -1.96. The van der Waals surface area contributed by atoms with E-state index in [4.69, 9.17) is 13.6 Å². The summed E-state index contributed by atoms with van der Waals surface area (Å²) in [6.07, 6.45) is 6.87. The van der Waals surface area contributed by atoms with Crippen molar-refractivity contribution in [3.8, 4) is 45.0 Å². The molecular formula is C30H22F2N6OS2. The minimum atomic E-state index is -0.314. The molecule has 6 aromatic rings. The van der Waals surface area contributed by atoms with E-state index in [1.807, 2.05) is 47.5 Å². The molecule has 0 aliphatic heterocycles. The van der Waals surface area contributed by atoms with Crippen molar-refractivity contribution in [2.45, 2.75) is 10.3 Å². The summed E-state index contributed by atoms with van der Waals surface area (Å²) in [5, 5.41) is 1.21. The van der Waals surface area contributed by atoms with Gasteiger partial charge in [-0.2, -0.15) is 0 Å². The van der Waals surface area contributed by atoms with Crippen LogP contribution in [-0.2, 0) is 17.7 Å². The first kappa shape index (κ1) is 26.9. The number of pyridine rings is 2. The van der Waals surface area contributed by atoms with Gasteiger partial charge in [0.1, 0.15) is 11.6 Å². The molecule has 0 unspecified atom stereocenters. The van der Waals surface area contributed by atoms with Crippen molar-refractivity contribution in [1.82, 2.24) is 29.1 Å². The Kier molecular flexibility index (Phi) is 7.64. The standard InChI is InChI=1S/C30H22F2N6OS2/c1-37-27(21-11-15-33-16-12-21)25(19-3-7-23(31)8-4-19)35-29(37)40-39-41-30-36-26(20-5-9-24(32)10-6-20)28(38(30)2)22-13-17-34-18-14-22/h3-18H,1-2H3.